The minimum atomic E-state index is -0.154. The third kappa shape index (κ3) is 4.66. The fraction of sp³-hybridized carbons (Fsp3) is 0.682. The van der Waals surface area contributed by atoms with Crippen molar-refractivity contribution in [3.05, 3.63) is 35.6 Å². The number of hydrogen-bond acceptors (Lipinski definition) is 3. The van der Waals surface area contributed by atoms with Gasteiger partial charge in [0.05, 0.1) is 18.8 Å². The first-order valence-corrected chi connectivity index (χ1v) is 10.6. The van der Waals surface area contributed by atoms with Crippen LogP contribution in [0.4, 0.5) is 4.39 Å². The Morgan fingerprint density at radius 1 is 1.32 bits per heavy atom. The summed E-state index contributed by atoms with van der Waals surface area (Å²) in [4.78, 5) is 6.80. The van der Waals surface area contributed by atoms with Gasteiger partial charge < -0.3 is 19.7 Å². The van der Waals surface area contributed by atoms with Crippen molar-refractivity contribution in [1.29, 1.82) is 0 Å². The van der Waals surface area contributed by atoms with E-state index in [1.54, 1.807) is 12.1 Å². The molecule has 2 heterocycles. The average Bonchev–Trinajstić information content (AvgIpc) is 3.33. The first kappa shape index (κ1) is 19.6. The highest BCUT2D eigenvalue weighted by atomic mass is 19.1. The van der Waals surface area contributed by atoms with Gasteiger partial charge in [-0.1, -0.05) is 12.1 Å². The Hall–Kier alpha value is -1.66. The molecule has 1 N–H and O–H groups in total. The first-order chi connectivity index (χ1) is 13.7. The molecule has 1 atom stereocenters. The quantitative estimate of drug-likeness (QED) is 0.600. The largest absolute Gasteiger partial charge is 0.376 e. The molecule has 28 heavy (non-hydrogen) atoms. The molecule has 0 aromatic heterocycles. The smallest absolute Gasteiger partial charge is 0.193 e. The fourth-order valence-corrected chi connectivity index (χ4v) is 4.37. The molecule has 0 bridgehead atoms. The Morgan fingerprint density at radius 3 is 2.79 bits per heavy atom. The monoisotopic (exact) mass is 389 g/mol. The minimum absolute atomic E-state index is 0.0563. The lowest BCUT2D eigenvalue weighted by molar-refractivity contribution is -0.0367. The van der Waals surface area contributed by atoms with E-state index in [1.807, 2.05) is 13.1 Å². The molecule has 0 spiro atoms. The summed E-state index contributed by atoms with van der Waals surface area (Å²) in [6, 6.07) is 7.03. The molecule has 4 rings (SSSR count). The number of hydrogen-bond donors (Lipinski definition) is 1. The number of piperidine rings is 1. The van der Waals surface area contributed by atoms with Crippen LogP contribution in [0.2, 0.25) is 0 Å². The molecule has 5 nitrogen and oxygen atoms in total. The number of ether oxygens (including phenoxy) is 2. The van der Waals surface area contributed by atoms with Crippen molar-refractivity contribution in [1.82, 2.24) is 10.2 Å². The average molecular weight is 390 g/mol. The summed E-state index contributed by atoms with van der Waals surface area (Å²) >= 11 is 0. The Bertz CT molecular complexity index is 678. The summed E-state index contributed by atoms with van der Waals surface area (Å²) in [6.45, 7) is 4.31. The number of likely N-dealkylation sites (tertiary alicyclic amines) is 1. The molecular weight excluding hydrogens is 357 g/mol. The standard InChI is InChI=1S/C22H32FN3O2/c1-24-21(25-16-22(9-10-22)17-4-2-5-18(23)14-17)26-11-7-19(8-12-26)28-15-20-6-3-13-27-20/h2,4-5,14,19-20H,3,6-13,15-16H2,1H3,(H,24,25). The van der Waals surface area contributed by atoms with E-state index in [9.17, 15) is 4.39 Å². The van der Waals surface area contributed by atoms with Gasteiger partial charge in [-0.2, -0.15) is 0 Å². The lowest BCUT2D eigenvalue weighted by Crippen LogP contribution is -2.48. The molecule has 1 saturated carbocycles. The Morgan fingerprint density at radius 2 is 2.14 bits per heavy atom. The normalized spacial score (nSPS) is 25.1. The SMILES string of the molecule is CN=C(NCC1(c2cccc(F)c2)CC1)N1CCC(OCC2CCCO2)CC1. The maximum Gasteiger partial charge on any atom is 0.193 e. The molecule has 154 valence electrons. The van der Waals surface area contributed by atoms with E-state index in [-0.39, 0.29) is 11.2 Å². The van der Waals surface area contributed by atoms with Crippen LogP contribution in [-0.4, -0.2) is 63.0 Å². The van der Waals surface area contributed by atoms with Crippen LogP contribution in [0.1, 0.15) is 44.1 Å². The van der Waals surface area contributed by atoms with Gasteiger partial charge in [0, 0.05) is 38.7 Å². The van der Waals surface area contributed by atoms with Gasteiger partial charge in [0.1, 0.15) is 5.82 Å². The van der Waals surface area contributed by atoms with Crippen LogP contribution in [-0.2, 0) is 14.9 Å². The second-order valence-corrected chi connectivity index (χ2v) is 8.35. The van der Waals surface area contributed by atoms with E-state index in [0.717, 1.165) is 82.9 Å². The van der Waals surface area contributed by atoms with E-state index < -0.39 is 0 Å². The molecule has 0 amide bonds. The van der Waals surface area contributed by atoms with Gasteiger partial charge in [-0.3, -0.25) is 4.99 Å². The minimum Gasteiger partial charge on any atom is -0.376 e. The van der Waals surface area contributed by atoms with Gasteiger partial charge in [0.2, 0.25) is 0 Å². The molecule has 1 unspecified atom stereocenters. The zero-order valence-corrected chi connectivity index (χ0v) is 16.8. The van der Waals surface area contributed by atoms with E-state index in [4.69, 9.17) is 9.47 Å². The van der Waals surface area contributed by atoms with E-state index in [2.05, 4.69) is 15.2 Å². The Balaban J connectivity index is 1.24. The van der Waals surface area contributed by atoms with Crippen LogP contribution in [0.25, 0.3) is 0 Å². The number of nitrogens with one attached hydrogen (secondary N) is 1. The molecular formula is C22H32FN3O2. The fourth-order valence-electron chi connectivity index (χ4n) is 4.37. The third-order valence-corrected chi connectivity index (χ3v) is 6.37. The molecule has 2 aliphatic heterocycles. The molecule has 1 aromatic carbocycles. The molecule has 6 heteroatoms. The van der Waals surface area contributed by atoms with Gasteiger partial charge in [0.15, 0.2) is 5.96 Å². The summed E-state index contributed by atoms with van der Waals surface area (Å²) in [5.41, 5.74) is 1.15. The third-order valence-electron chi connectivity index (χ3n) is 6.37. The van der Waals surface area contributed by atoms with Crippen molar-refractivity contribution in [2.45, 2.75) is 56.1 Å². The maximum atomic E-state index is 13.6. The summed E-state index contributed by atoms with van der Waals surface area (Å²) in [5, 5.41) is 3.54. The maximum absolute atomic E-state index is 13.6. The second kappa shape index (κ2) is 8.78. The van der Waals surface area contributed by atoms with E-state index in [0.29, 0.717) is 12.2 Å². The molecule has 0 radical (unpaired) electrons. The molecule has 1 aromatic rings. The zero-order valence-electron chi connectivity index (χ0n) is 16.8. The predicted molar refractivity (Wildman–Crippen MR) is 108 cm³/mol. The van der Waals surface area contributed by atoms with E-state index >= 15 is 0 Å². The lowest BCUT2D eigenvalue weighted by Gasteiger charge is -2.35. The molecule has 3 fully saturated rings. The number of rotatable bonds is 6. The summed E-state index contributed by atoms with van der Waals surface area (Å²) in [7, 11) is 1.84. The summed E-state index contributed by atoms with van der Waals surface area (Å²) < 4.78 is 25.3. The number of aliphatic imine (C=N–C) groups is 1. The number of halogens is 1. The lowest BCUT2D eigenvalue weighted by atomic mass is 9.96. The van der Waals surface area contributed by atoms with Gasteiger partial charge in [-0.15, -0.1) is 0 Å². The van der Waals surface area contributed by atoms with Gasteiger partial charge in [-0.25, -0.2) is 4.39 Å². The van der Waals surface area contributed by atoms with Crippen LogP contribution in [0, 0.1) is 5.82 Å². The van der Waals surface area contributed by atoms with Crippen LogP contribution in [0.3, 0.4) is 0 Å². The van der Waals surface area contributed by atoms with Crippen LogP contribution >= 0.6 is 0 Å². The topological polar surface area (TPSA) is 46.1 Å². The zero-order chi connectivity index (χ0) is 19.4. The summed E-state index contributed by atoms with van der Waals surface area (Å²) in [6.07, 6.45) is 7.13. The van der Waals surface area contributed by atoms with Crippen LogP contribution < -0.4 is 5.32 Å². The Labute approximate surface area is 167 Å². The molecule has 3 aliphatic rings. The first-order valence-electron chi connectivity index (χ1n) is 10.6. The number of benzene rings is 1. The summed E-state index contributed by atoms with van der Waals surface area (Å²) in [5.74, 6) is 0.790. The van der Waals surface area contributed by atoms with E-state index in [1.165, 1.54) is 6.07 Å². The van der Waals surface area contributed by atoms with Crippen molar-refractivity contribution >= 4 is 5.96 Å². The van der Waals surface area contributed by atoms with Gasteiger partial charge in [-0.05, 0) is 56.2 Å². The molecule has 2 saturated heterocycles. The van der Waals surface area contributed by atoms with Gasteiger partial charge in [0.25, 0.3) is 0 Å². The van der Waals surface area contributed by atoms with Crippen LogP contribution in [0.15, 0.2) is 29.3 Å². The van der Waals surface area contributed by atoms with Crippen LogP contribution in [0.5, 0.6) is 0 Å². The highest BCUT2D eigenvalue weighted by Gasteiger charge is 2.44. The van der Waals surface area contributed by atoms with Crippen molar-refractivity contribution in [2.24, 2.45) is 4.99 Å². The van der Waals surface area contributed by atoms with Crippen molar-refractivity contribution in [3.63, 3.8) is 0 Å². The molecule has 1 aliphatic carbocycles. The highest BCUT2D eigenvalue weighted by Crippen LogP contribution is 2.47. The Kier molecular flexibility index (Phi) is 6.16. The number of guanidine groups is 1. The highest BCUT2D eigenvalue weighted by molar-refractivity contribution is 5.80. The van der Waals surface area contributed by atoms with Gasteiger partial charge >= 0.3 is 0 Å². The van der Waals surface area contributed by atoms with Crippen molar-refractivity contribution in [3.8, 4) is 0 Å². The number of nitrogens with zero attached hydrogens (tertiary/aromatic N) is 2. The van der Waals surface area contributed by atoms with Crippen molar-refractivity contribution < 1.29 is 13.9 Å². The predicted octanol–water partition coefficient (Wildman–Crippen LogP) is 3.09. The van der Waals surface area contributed by atoms with Crippen molar-refractivity contribution in [2.75, 3.05) is 39.9 Å². The second-order valence-electron chi connectivity index (χ2n) is 8.35.